The van der Waals surface area contributed by atoms with Crippen LogP contribution >= 0.6 is 23.4 Å². The summed E-state index contributed by atoms with van der Waals surface area (Å²) in [5, 5.41) is 19.4. The number of halogens is 1. The molecule has 3 aliphatic rings. The van der Waals surface area contributed by atoms with E-state index >= 15 is 0 Å². The molecule has 3 saturated heterocycles. The van der Waals surface area contributed by atoms with Crippen LogP contribution in [0.15, 0.2) is 36.9 Å². The van der Waals surface area contributed by atoms with E-state index in [4.69, 9.17) is 16.7 Å². The van der Waals surface area contributed by atoms with Gasteiger partial charge in [0.1, 0.15) is 6.04 Å². The lowest BCUT2D eigenvalue weighted by Crippen LogP contribution is -2.57. The maximum atomic E-state index is 14.3. The van der Waals surface area contributed by atoms with Crippen LogP contribution in [0.5, 0.6) is 0 Å². The summed E-state index contributed by atoms with van der Waals surface area (Å²) in [5.74, 6) is -2.97. The number of anilines is 1. The fourth-order valence-corrected chi connectivity index (χ4v) is 8.79. The van der Waals surface area contributed by atoms with Crippen molar-refractivity contribution in [2.24, 2.45) is 17.8 Å². The fraction of sp³-hybridized carbons (Fsp3) is 0.560. The second-order valence-corrected chi connectivity index (χ2v) is 11.4. The van der Waals surface area contributed by atoms with Gasteiger partial charge in [-0.05, 0) is 43.7 Å². The maximum absolute atomic E-state index is 14.3. The minimum Gasteiger partial charge on any atom is -0.481 e. The van der Waals surface area contributed by atoms with Gasteiger partial charge in [0.2, 0.25) is 5.91 Å². The number of amides is 2. The van der Waals surface area contributed by atoms with Crippen molar-refractivity contribution in [3.8, 4) is 0 Å². The number of aliphatic hydroxyl groups excluding tert-OH is 1. The normalized spacial score (nSPS) is 31.6. The molecule has 9 heteroatoms. The van der Waals surface area contributed by atoms with E-state index in [-0.39, 0.29) is 36.1 Å². The SMILES string of the molecule is C=CCN(C(=O)C1N(CCCCCO)C(=O)[C@@H]2[C@H](C(=O)O)[C@@H]3CC(C)C12S3)c1ccccc1Cl. The average Bonchev–Trinajstić information content (AvgIpc) is 3.39. The summed E-state index contributed by atoms with van der Waals surface area (Å²) < 4.78 is -0.792. The first-order chi connectivity index (χ1) is 16.3. The lowest BCUT2D eigenvalue weighted by Gasteiger charge is -2.40. The van der Waals surface area contributed by atoms with E-state index < -0.39 is 28.6 Å². The fourth-order valence-electron chi connectivity index (χ4n) is 6.15. The van der Waals surface area contributed by atoms with Gasteiger partial charge in [-0.1, -0.05) is 36.7 Å². The van der Waals surface area contributed by atoms with Crippen LogP contribution < -0.4 is 4.90 Å². The summed E-state index contributed by atoms with van der Waals surface area (Å²) in [6, 6.07) is 6.29. The molecule has 3 unspecified atom stereocenters. The van der Waals surface area contributed by atoms with Crippen LogP contribution in [0.2, 0.25) is 5.02 Å². The van der Waals surface area contributed by atoms with Gasteiger partial charge in [0.25, 0.3) is 5.91 Å². The Morgan fingerprint density at radius 1 is 1.32 bits per heavy atom. The molecule has 34 heavy (non-hydrogen) atoms. The van der Waals surface area contributed by atoms with Crippen molar-refractivity contribution in [2.45, 2.75) is 48.6 Å². The largest absolute Gasteiger partial charge is 0.481 e. The van der Waals surface area contributed by atoms with Crippen LogP contribution in [0.3, 0.4) is 0 Å². The van der Waals surface area contributed by atoms with Crippen LogP contribution in [0.25, 0.3) is 0 Å². The monoisotopic (exact) mass is 506 g/mol. The van der Waals surface area contributed by atoms with Crippen molar-refractivity contribution in [3.63, 3.8) is 0 Å². The highest BCUT2D eigenvalue weighted by Crippen LogP contribution is 2.68. The predicted molar refractivity (Wildman–Crippen MR) is 133 cm³/mol. The smallest absolute Gasteiger partial charge is 0.308 e. The number of carbonyl (C=O) groups is 3. The molecule has 1 aromatic carbocycles. The van der Waals surface area contributed by atoms with Crippen molar-refractivity contribution >= 4 is 46.8 Å². The molecule has 1 aromatic rings. The van der Waals surface area contributed by atoms with Crippen LogP contribution in [0.4, 0.5) is 5.69 Å². The third-order valence-corrected chi connectivity index (χ3v) is 9.94. The molecule has 3 aliphatic heterocycles. The van der Waals surface area contributed by atoms with Crippen molar-refractivity contribution in [1.82, 2.24) is 4.90 Å². The molecule has 3 fully saturated rings. The molecule has 3 heterocycles. The quantitative estimate of drug-likeness (QED) is 0.372. The van der Waals surface area contributed by atoms with Gasteiger partial charge in [-0.2, -0.15) is 0 Å². The lowest BCUT2D eigenvalue weighted by molar-refractivity contribution is -0.149. The number of hydrogen-bond donors (Lipinski definition) is 2. The number of para-hydroxylation sites is 1. The number of hydrogen-bond acceptors (Lipinski definition) is 5. The van der Waals surface area contributed by atoms with E-state index in [1.54, 1.807) is 40.1 Å². The summed E-state index contributed by atoms with van der Waals surface area (Å²) in [6.45, 7) is 6.48. The molecule has 1 spiro atoms. The Bertz CT molecular complexity index is 990. The molecule has 4 rings (SSSR count). The Morgan fingerprint density at radius 3 is 2.71 bits per heavy atom. The number of carbonyl (C=O) groups excluding carboxylic acids is 2. The predicted octanol–water partition coefficient (Wildman–Crippen LogP) is 3.44. The molecule has 0 aromatic heterocycles. The van der Waals surface area contributed by atoms with E-state index in [0.29, 0.717) is 42.9 Å². The van der Waals surface area contributed by atoms with Gasteiger partial charge < -0.3 is 20.0 Å². The highest BCUT2D eigenvalue weighted by Gasteiger charge is 2.76. The molecule has 6 atom stereocenters. The van der Waals surface area contributed by atoms with Crippen LogP contribution in [0, 0.1) is 17.8 Å². The molecule has 0 saturated carbocycles. The molecule has 2 bridgehead atoms. The third kappa shape index (κ3) is 3.84. The zero-order valence-corrected chi connectivity index (χ0v) is 20.8. The van der Waals surface area contributed by atoms with E-state index in [1.165, 1.54) is 11.8 Å². The minimum atomic E-state index is -0.966. The molecule has 2 N–H and O–H groups in total. The topological polar surface area (TPSA) is 98.2 Å². The number of carboxylic acid groups (broad SMARTS) is 1. The first-order valence-electron chi connectivity index (χ1n) is 11.8. The number of likely N-dealkylation sites (tertiary alicyclic amines) is 1. The van der Waals surface area contributed by atoms with E-state index in [1.807, 2.05) is 6.92 Å². The standard InChI is InChI=1S/C25H31ClN2O5S/c1-3-11-27(17-10-6-5-9-16(17)26)23(31)21-25-15(2)14-18(34-25)19(24(32)33)20(25)22(30)28(21)12-7-4-8-13-29/h3,5-6,9-10,15,18-21,29H,1,4,7-8,11-14H2,2H3,(H,32,33)/t15?,18-,19+,20-,21?,25?/m0/s1. The van der Waals surface area contributed by atoms with E-state index in [2.05, 4.69) is 6.58 Å². The number of thioether (sulfide) groups is 1. The van der Waals surface area contributed by atoms with E-state index in [0.717, 1.165) is 0 Å². The summed E-state index contributed by atoms with van der Waals surface area (Å²) in [6.07, 6.45) is 4.25. The number of aliphatic carboxylic acids is 1. The summed E-state index contributed by atoms with van der Waals surface area (Å²) in [7, 11) is 0. The zero-order valence-electron chi connectivity index (χ0n) is 19.2. The number of fused-ring (bicyclic) bond motifs is 1. The van der Waals surface area contributed by atoms with E-state index in [9.17, 15) is 19.5 Å². The van der Waals surface area contributed by atoms with Crippen molar-refractivity contribution in [1.29, 1.82) is 0 Å². The maximum Gasteiger partial charge on any atom is 0.308 e. The number of benzene rings is 1. The van der Waals surface area contributed by atoms with Gasteiger partial charge in [0.15, 0.2) is 0 Å². The Kier molecular flexibility index (Phi) is 7.31. The average molecular weight is 507 g/mol. The lowest BCUT2D eigenvalue weighted by atomic mass is 9.66. The summed E-state index contributed by atoms with van der Waals surface area (Å²) >= 11 is 7.98. The highest BCUT2D eigenvalue weighted by molar-refractivity contribution is 8.02. The first-order valence-corrected chi connectivity index (χ1v) is 13.0. The molecular weight excluding hydrogens is 476 g/mol. The number of nitrogens with zero attached hydrogens (tertiary/aromatic N) is 2. The third-order valence-electron chi connectivity index (χ3n) is 7.54. The summed E-state index contributed by atoms with van der Waals surface area (Å²) in [5.41, 5.74) is 0.543. The van der Waals surface area contributed by atoms with Crippen molar-refractivity contribution in [3.05, 3.63) is 41.9 Å². The van der Waals surface area contributed by atoms with Gasteiger partial charge >= 0.3 is 5.97 Å². The number of aliphatic hydroxyl groups is 1. The minimum absolute atomic E-state index is 0.0141. The van der Waals surface area contributed by atoms with Gasteiger partial charge in [0.05, 0.1) is 27.3 Å². The van der Waals surface area contributed by atoms with Crippen LogP contribution in [-0.2, 0) is 14.4 Å². The Hall–Kier alpha value is -2.03. The van der Waals surface area contributed by atoms with Crippen LogP contribution in [0.1, 0.15) is 32.6 Å². The molecule has 7 nitrogen and oxygen atoms in total. The molecule has 2 amide bonds. The van der Waals surface area contributed by atoms with Gasteiger partial charge in [-0.3, -0.25) is 14.4 Å². The van der Waals surface area contributed by atoms with Crippen molar-refractivity contribution < 1.29 is 24.6 Å². The second-order valence-electron chi connectivity index (χ2n) is 9.40. The number of unbranched alkanes of at least 4 members (excludes halogenated alkanes) is 2. The van der Waals surface area contributed by atoms with Crippen molar-refractivity contribution in [2.75, 3.05) is 24.6 Å². The summed E-state index contributed by atoms with van der Waals surface area (Å²) in [4.78, 5) is 43.5. The zero-order chi connectivity index (χ0) is 24.6. The van der Waals surface area contributed by atoms with Gasteiger partial charge in [0, 0.05) is 24.9 Å². The van der Waals surface area contributed by atoms with Gasteiger partial charge in [-0.15, -0.1) is 18.3 Å². The molecule has 0 aliphatic carbocycles. The molecular formula is C25H31ClN2O5S. The Balaban J connectivity index is 1.78. The number of carboxylic acids is 1. The first kappa shape index (κ1) is 25.1. The van der Waals surface area contributed by atoms with Gasteiger partial charge in [-0.25, -0.2) is 0 Å². The Morgan fingerprint density at radius 2 is 2.06 bits per heavy atom. The molecule has 0 radical (unpaired) electrons. The molecule has 184 valence electrons. The Labute approximate surface area is 209 Å². The van der Waals surface area contributed by atoms with Crippen LogP contribution in [-0.4, -0.2) is 68.6 Å². The second kappa shape index (κ2) is 9.91. The highest BCUT2D eigenvalue weighted by atomic mass is 35.5. The number of rotatable bonds is 10.